The Kier molecular flexibility index (Phi) is 5.02. The number of likely N-dealkylation sites (tertiary alicyclic amines) is 1. The van der Waals surface area contributed by atoms with E-state index in [1.54, 1.807) is 7.11 Å². The van der Waals surface area contributed by atoms with Crippen molar-refractivity contribution < 1.29 is 19.1 Å². The van der Waals surface area contributed by atoms with E-state index in [0.717, 1.165) is 17.7 Å². The number of nitrogens with zero attached hydrogens (tertiary/aromatic N) is 1. The highest BCUT2D eigenvalue weighted by molar-refractivity contribution is 5.93. The van der Waals surface area contributed by atoms with Crippen molar-refractivity contribution >= 4 is 11.8 Å². The fourth-order valence-corrected chi connectivity index (χ4v) is 5.03. The fourth-order valence-electron chi connectivity index (χ4n) is 5.03. The molecule has 4 atom stereocenters. The molecule has 2 bridgehead atoms. The van der Waals surface area contributed by atoms with Crippen LogP contribution in [0.2, 0.25) is 0 Å². The minimum atomic E-state index is -0.666. The first kappa shape index (κ1) is 19.8. The monoisotopic (exact) mass is 418 g/mol. The van der Waals surface area contributed by atoms with Crippen molar-refractivity contribution in [2.24, 2.45) is 11.8 Å². The van der Waals surface area contributed by atoms with Crippen LogP contribution in [0.3, 0.4) is 0 Å². The van der Waals surface area contributed by atoms with Crippen molar-refractivity contribution in [3.05, 3.63) is 77.9 Å². The third-order valence-corrected chi connectivity index (χ3v) is 6.62. The molecule has 0 unspecified atom stereocenters. The summed E-state index contributed by atoms with van der Waals surface area (Å²) >= 11 is 0. The van der Waals surface area contributed by atoms with Gasteiger partial charge >= 0.3 is 0 Å². The van der Waals surface area contributed by atoms with Gasteiger partial charge in [0.15, 0.2) is 0 Å². The molecule has 2 aromatic rings. The van der Waals surface area contributed by atoms with Crippen LogP contribution in [0.4, 0.5) is 0 Å². The topological polar surface area (TPSA) is 67.9 Å². The van der Waals surface area contributed by atoms with Crippen LogP contribution >= 0.6 is 0 Å². The molecule has 160 valence electrons. The molecule has 3 aliphatic heterocycles. The maximum atomic E-state index is 13.3. The number of methoxy groups -OCH3 is 1. The van der Waals surface area contributed by atoms with Crippen LogP contribution in [0.1, 0.15) is 11.1 Å². The summed E-state index contributed by atoms with van der Waals surface area (Å²) in [5.74, 6) is -0.273. The minimum Gasteiger partial charge on any atom is -0.497 e. The van der Waals surface area contributed by atoms with Crippen molar-refractivity contribution in [1.82, 2.24) is 10.2 Å². The Morgan fingerprint density at radius 1 is 1.16 bits per heavy atom. The Bertz CT molecular complexity index is 1000. The first-order valence-electron chi connectivity index (χ1n) is 10.7. The van der Waals surface area contributed by atoms with Crippen molar-refractivity contribution in [2.75, 3.05) is 20.2 Å². The van der Waals surface area contributed by atoms with Gasteiger partial charge < -0.3 is 19.7 Å². The molecule has 0 aromatic heterocycles. The van der Waals surface area contributed by atoms with E-state index in [0.29, 0.717) is 19.6 Å². The van der Waals surface area contributed by atoms with Gasteiger partial charge in [0, 0.05) is 13.1 Å². The number of amides is 2. The molecule has 6 nitrogen and oxygen atoms in total. The number of rotatable bonds is 7. The van der Waals surface area contributed by atoms with Gasteiger partial charge in [0.1, 0.15) is 11.4 Å². The van der Waals surface area contributed by atoms with Crippen molar-refractivity contribution in [1.29, 1.82) is 0 Å². The van der Waals surface area contributed by atoms with Gasteiger partial charge in [0.05, 0.1) is 31.6 Å². The lowest BCUT2D eigenvalue weighted by atomic mass is 9.77. The summed E-state index contributed by atoms with van der Waals surface area (Å²) in [6, 6.07) is 17.7. The van der Waals surface area contributed by atoms with Crippen LogP contribution in [-0.4, -0.2) is 48.6 Å². The van der Waals surface area contributed by atoms with E-state index in [1.165, 1.54) is 5.56 Å². The van der Waals surface area contributed by atoms with Gasteiger partial charge in [0.25, 0.3) is 0 Å². The lowest BCUT2D eigenvalue weighted by Crippen LogP contribution is -2.44. The van der Waals surface area contributed by atoms with E-state index < -0.39 is 17.4 Å². The maximum Gasteiger partial charge on any atom is 0.230 e. The highest BCUT2D eigenvalue weighted by Gasteiger charge is 2.66. The van der Waals surface area contributed by atoms with E-state index in [-0.39, 0.29) is 17.9 Å². The summed E-state index contributed by atoms with van der Waals surface area (Å²) in [6.45, 7) is 1.54. The molecule has 3 heterocycles. The van der Waals surface area contributed by atoms with E-state index >= 15 is 0 Å². The third kappa shape index (κ3) is 3.51. The first-order valence-corrected chi connectivity index (χ1v) is 10.7. The van der Waals surface area contributed by atoms with Crippen LogP contribution in [-0.2, 0) is 27.3 Å². The Hall–Kier alpha value is -3.12. The predicted octanol–water partition coefficient (Wildman–Crippen LogP) is 2.34. The van der Waals surface area contributed by atoms with Gasteiger partial charge in [-0.1, -0.05) is 54.6 Å². The molecule has 0 aliphatic carbocycles. The second kappa shape index (κ2) is 7.85. The normalized spacial score (nSPS) is 28.1. The van der Waals surface area contributed by atoms with Crippen LogP contribution < -0.4 is 10.1 Å². The zero-order valence-electron chi connectivity index (χ0n) is 17.5. The van der Waals surface area contributed by atoms with Gasteiger partial charge in [0.2, 0.25) is 11.8 Å². The van der Waals surface area contributed by atoms with Crippen LogP contribution in [0.25, 0.3) is 0 Å². The number of hydrogen-bond donors (Lipinski definition) is 1. The van der Waals surface area contributed by atoms with Gasteiger partial charge in [-0.3, -0.25) is 9.59 Å². The average Bonchev–Trinajstić information content (AvgIpc) is 3.45. The zero-order chi connectivity index (χ0) is 21.4. The quantitative estimate of drug-likeness (QED) is 0.701. The summed E-state index contributed by atoms with van der Waals surface area (Å²) < 4.78 is 11.4. The molecule has 31 heavy (non-hydrogen) atoms. The second-order valence-electron chi connectivity index (χ2n) is 8.46. The highest BCUT2D eigenvalue weighted by atomic mass is 16.5. The smallest absolute Gasteiger partial charge is 0.230 e. The summed E-state index contributed by atoms with van der Waals surface area (Å²) in [5, 5.41) is 3.00. The van der Waals surface area contributed by atoms with E-state index in [2.05, 4.69) is 17.4 Å². The SMILES string of the molecule is COc1ccc(CNC(=O)[C@@H]2[C@H]3C=C[C@@]4(CN(CCc5ccccc5)C(=O)[C@@H]24)O3)cc1. The second-order valence-corrected chi connectivity index (χ2v) is 8.46. The molecular weight excluding hydrogens is 392 g/mol. The number of carbonyl (C=O) groups is 2. The number of hydrogen-bond acceptors (Lipinski definition) is 4. The van der Waals surface area contributed by atoms with Crippen LogP contribution in [0.5, 0.6) is 5.75 Å². The zero-order valence-corrected chi connectivity index (χ0v) is 17.5. The number of nitrogens with one attached hydrogen (secondary N) is 1. The molecule has 2 fully saturated rings. The fraction of sp³-hybridized carbons (Fsp3) is 0.360. The van der Waals surface area contributed by atoms with Gasteiger partial charge in [-0.2, -0.15) is 0 Å². The molecule has 2 amide bonds. The Morgan fingerprint density at radius 3 is 2.68 bits per heavy atom. The van der Waals surface area contributed by atoms with E-state index in [1.807, 2.05) is 59.5 Å². The van der Waals surface area contributed by atoms with Crippen LogP contribution in [0, 0.1) is 11.8 Å². The number of carbonyl (C=O) groups excluding carboxylic acids is 2. The average molecular weight is 418 g/mol. The van der Waals surface area contributed by atoms with Gasteiger partial charge in [-0.25, -0.2) is 0 Å². The van der Waals surface area contributed by atoms with Crippen molar-refractivity contribution in [3.8, 4) is 5.75 Å². The summed E-state index contributed by atoms with van der Waals surface area (Å²) in [5.41, 5.74) is 1.51. The molecule has 0 radical (unpaired) electrons. The van der Waals surface area contributed by atoms with E-state index in [4.69, 9.17) is 9.47 Å². The first-order chi connectivity index (χ1) is 15.1. The summed E-state index contributed by atoms with van der Waals surface area (Å²) in [6.07, 6.45) is 4.40. The molecule has 3 aliphatic rings. The van der Waals surface area contributed by atoms with Gasteiger partial charge in [-0.15, -0.1) is 0 Å². The Labute approximate surface area is 181 Å². The molecule has 1 N–H and O–H groups in total. The van der Waals surface area contributed by atoms with Crippen LogP contribution in [0.15, 0.2) is 66.7 Å². The predicted molar refractivity (Wildman–Crippen MR) is 115 cm³/mol. The minimum absolute atomic E-state index is 0.0207. The molecule has 1 spiro atoms. The molecule has 2 saturated heterocycles. The molecular formula is C25H26N2O4. The lowest BCUT2D eigenvalue weighted by Gasteiger charge is -2.23. The Morgan fingerprint density at radius 2 is 1.94 bits per heavy atom. The summed E-state index contributed by atoms with van der Waals surface area (Å²) in [7, 11) is 1.62. The maximum absolute atomic E-state index is 13.3. The molecule has 6 heteroatoms. The highest BCUT2D eigenvalue weighted by Crippen LogP contribution is 2.51. The number of ether oxygens (including phenoxy) is 2. The molecule has 5 rings (SSSR count). The largest absolute Gasteiger partial charge is 0.497 e. The van der Waals surface area contributed by atoms with Crippen molar-refractivity contribution in [3.63, 3.8) is 0 Å². The molecule has 2 aromatic carbocycles. The summed E-state index contributed by atoms with van der Waals surface area (Å²) in [4.78, 5) is 28.2. The van der Waals surface area contributed by atoms with Gasteiger partial charge in [-0.05, 0) is 29.7 Å². The lowest BCUT2D eigenvalue weighted by molar-refractivity contribution is -0.137. The van der Waals surface area contributed by atoms with E-state index in [9.17, 15) is 9.59 Å². The Balaban J connectivity index is 1.25. The standard InChI is InChI=1S/C25H26N2O4/c1-30-19-9-7-18(8-10-19)15-26-23(28)21-20-11-13-25(31-20)16-27(24(29)22(21)25)14-12-17-5-3-2-4-6-17/h2-11,13,20-22H,12,14-16H2,1H3,(H,26,28)/t20-,21-,22-,25+/m1/s1. The third-order valence-electron chi connectivity index (χ3n) is 6.62. The molecule has 0 saturated carbocycles. The van der Waals surface area contributed by atoms with Crippen molar-refractivity contribution in [2.45, 2.75) is 24.7 Å². The number of fused-ring (bicyclic) bond motifs is 1. The number of benzene rings is 2.